The van der Waals surface area contributed by atoms with Crippen LogP contribution < -0.4 is 9.47 Å². The Morgan fingerprint density at radius 2 is 1.76 bits per heavy atom. The van der Waals surface area contributed by atoms with Gasteiger partial charge in [-0.1, -0.05) is 6.07 Å². The van der Waals surface area contributed by atoms with Crippen molar-refractivity contribution in [1.29, 1.82) is 0 Å². The van der Waals surface area contributed by atoms with Crippen LogP contribution in [-0.4, -0.2) is 19.2 Å². The van der Waals surface area contributed by atoms with Crippen molar-refractivity contribution in [3.8, 4) is 11.5 Å². The zero-order chi connectivity index (χ0) is 13.1. The minimum absolute atomic E-state index is 0.134. The second-order valence-electron chi connectivity index (χ2n) is 2.71. The third-order valence-electron chi connectivity index (χ3n) is 1.59. The Morgan fingerprint density at radius 1 is 1.18 bits per heavy atom. The SMILES string of the molecule is CSc1c(OC(F)F)cccc1OC(F)(F)F. The molecule has 0 aliphatic rings. The zero-order valence-electron chi connectivity index (χ0n) is 8.42. The van der Waals surface area contributed by atoms with Crippen molar-refractivity contribution in [3.05, 3.63) is 18.2 Å². The predicted octanol–water partition coefficient (Wildman–Crippen LogP) is 3.91. The van der Waals surface area contributed by atoms with Crippen molar-refractivity contribution in [1.82, 2.24) is 0 Å². The summed E-state index contributed by atoms with van der Waals surface area (Å²) in [7, 11) is 0. The summed E-state index contributed by atoms with van der Waals surface area (Å²) in [5.74, 6) is -0.919. The Morgan fingerprint density at radius 3 is 2.24 bits per heavy atom. The van der Waals surface area contributed by atoms with E-state index in [9.17, 15) is 22.0 Å². The van der Waals surface area contributed by atoms with Gasteiger partial charge in [0, 0.05) is 0 Å². The van der Waals surface area contributed by atoms with Gasteiger partial charge in [0.25, 0.3) is 0 Å². The molecule has 0 aromatic heterocycles. The third-order valence-corrected chi connectivity index (χ3v) is 2.40. The number of alkyl halides is 5. The van der Waals surface area contributed by atoms with Crippen LogP contribution in [0.15, 0.2) is 23.1 Å². The second-order valence-corrected chi connectivity index (χ2v) is 3.53. The average Bonchev–Trinajstić information content (AvgIpc) is 2.14. The smallest absolute Gasteiger partial charge is 0.433 e. The fourth-order valence-corrected chi connectivity index (χ4v) is 1.72. The van der Waals surface area contributed by atoms with E-state index in [4.69, 9.17) is 0 Å². The maximum atomic E-state index is 12.0. The zero-order valence-corrected chi connectivity index (χ0v) is 9.24. The number of thioether (sulfide) groups is 1. The Hall–Kier alpha value is -1.18. The molecule has 96 valence electrons. The molecule has 0 unspecified atom stereocenters. The van der Waals surface area contributed by atoms with Gasteiger partial charge in [0.2, 0.25) is 0 Å². The molecule has 0 aliphatic heterocycles. The van der Waals surface area contributed by atoms with Gasteiger partial charge in [-0.3, -0.25) is 0 Å². The predicted molar refractivity (Wildman–Crippen MR) is 51.5 cm³/mol. The fraction of sp³-hybridized carbons (Fsp3) is 0.333. The molecular formula is C9H7F5O2S. The van der Waals surface area contributed by atoms with E-state index >= 15 is 0 Å². The first-order valence-electron chi connectivity index (χ1n) is 4.21. The molecule has 0 saturated carbocycles. The second kappa shape index (κ2) is 5.44. The molecule has 0 spiro atoms. The van der Waals surface area contributed by atoms with E-state index in [0.717, 1.165) is 30.0 Å². The lowest BCUT2D eigenvalue weighted by atomic mass is 10.3. The summed E-state index contributed by atoms with van der Waals surface area (Å²) in [5.41, 5.74) is 0. The minimum Gasteiger partial charge on any atom is -0.433 e. The molecule has 0 radical (unpaired) electrons. The lowest BCUT2D eigenvalue weighted by Crippen LogP contribution is -2.17. The molecule has 17 heavy (non-hydrogen) atoms. The van der Waals surface area contributed by atoms with Crippen LogP contribution in [-0.2, 0) is 0 Å². The molecule has 0 fully saturated rings. The Kier molecular flexibility index (Phi) is 4.44. The lowest BCUT2D eigenvalue weighted by Gasteiger charge is -2.15. The molecule has 0 aliphatic carbocycles. The topological polar surface area (TPSA) is 18.5 Å². The first kappa shape index (κ1) is 13.9. The summed E-state index contributed by atoms with van der Waals surface area (Å²) >= 11 is 0.821. The van der Waals surface area contributed by atoms with Crippen LogP contribution in [0.5, 0.6) is 11.5 Å². The number of halogens is 5. The van der Waals surface area contributed by atoms with Crippen molar-refractivity contribution < 1.29 is 31.4 Å². The summed E-state index contributed by atoms with van der Waals surface area (Å²) < 4.78 is 67.9. The van der Waals surface area contributed by atoms with Gasteiger partial charge in [0.05, 0.1) is 4.90 Å². The third kappa shape index (κ3) is 4.29. The van der Waals surface area contributed by atoms with Gasteiger partial charge >= 0.3 is 13.0 Å². The van der Waals surface area contributed by atoms with Crippen LogP contribution in [0.2, 0.25) is 0 Å². The normalized spacial score (nSPS) is 11.7. The summed E-state index contributed by atoms with van der Waals surface area (Å²) in [5, 5.41) is 0. The molecule has 1 aromatic rings. The molecule has 0 atom stereocenters. The van der Waals surface area contributed by atoms with Crippen LogP contribution in [0.25, 0.3) is 0 Å². The fourth-order valence-electron chi connectivity index (χ4n) is 1.09. The van der Waals surface area contributed by atoms with Crippen molar-refractivity contribution in [2.24, 2.45) is 0 Å². The molecule has 0 saturated heterocycles. The maximum Gasteiger partial charge on any atom is 0.573 e. The van der Waals surface area contributed by atoms with Gasteiger partial charge in [0.15, 0.2) is 0 Å². The Labute approximate surface area is 97.7 Å². The molecule has 0 bridgehead atoms. The summed E-state index contributed by atoms with van der Waals surface area (Å²) in [6, 6.07) is 3.30. The van der Waals surface area contributed by atoms with Crippen LogP contribution in [0, 0.1) is 0 Å². The first-order chi connectivity index (χ1) is 7.83. The van der Waals surface area contributed by atoms with E-state index in [0.29, 0.717) is 0 Å². The van der Waals surface area contributed by atoms with Crippen LogP contribution in [0.1, 0.15) is 0 Å². The molecule has 0 amide bonds. The van der Waals surface area contributed by atoms with Crippen LogP contribution >= 0.6 is 11.8 Å². The van der Waals surface area contributed by atoms with Crippen molar-refractivity contribution in [2.75, 3.05) is 6.26 Å². The highest BCUT2D eigenvalue weighted by Crippen LogP contribution is 2.39. The highest BCUT2D eigenvalue weighted by molar-refractivity contribution is 7.98. The highest BCUT2D eigenvalue weighted by Gasteiger charge is 2.32. The minimum atomic E-state index is -4.88. The monoisotopic (exact) mass is 274 g/mol. The van der Waals surface area contributed by atoms with Crippen molar-refractivity contribution >= 4 is 11.8 Å². The van der Waals surface area contributed by atoms with E-state index in [1.165, 1.54) is 6.26 Å². The summed E-state index contributed by atoms with van der Waals surface area (Å²) in [6.45, 7) is -3.11. The van der Waals surface area contributed by atoms with E-state index in [2.05, 4.69) is 9.47 Å². The molecule has 0 N–H and O–H groups in total. The number of benzene rings is 1. The van der Waals surface area contributed by atoms with Crippen molar-refractivity contribution in [3.63, 3.8) is 0 Å². The summed E-state index contributed by atoms with van der Waals surface area (Å²) in [4.78, 5) is -0.134. The lowest BCUT2D eigenvalue weighted by molar-refractivity contribution is -0.275. The van der Waals surface area contributed by atoms with Crippen LogP contribution in [0.3, 0.4) is 0 Å². The average molecular weight is 274 g/mol. The Bertz CT molecular complexity index is 380. The molecule has 1 rings (SSSR count). The summed E-state index contributed by atoms with van der Waals surface area (Å²) in [6.07, 6.45) is -3.45. The van der Waals surface area contributed by atoms with E-state index in [1.807, 2.05) is 0 Å². The molecular weight excluding hydrogens is 267 g/mol. The van der Waals surface area contributed by atoms with Gasteiger partial charge in [-0.15, -0.1) is 24.9 Å². The molecule has 8 heteroatoms. The van der Waals surface area contributed by atoms with Crippen molar-refractivity contribution in [2.45, 2.75) is 17.9 Å². The Balaban J connectivity index is 3.05. The van der Waals surface area contributed by atoms with Gasteiger partial charge < -0.3 is 9.47 Å². The van der Waals surface area contributed by atoms with Gasteiger partial charge in [-0.2, -0.15) is 8.78 Å². The quantitative estimate of drug-likeness (QED) is 0.612. The van der Waals surface area contributed by atoms with Gasteiger partial charge in [0.1, 0.15) is 11.5 Å². The number of ether oxygens (including phenoxy) is 2. The first-order valence-corrected chi connectivity index (χ1v) is 5.43. The molecule has 0 heterocycles. The molecule has 2 nitrogen and oxygen atoms in total. The number of hydrogen-bond donors (Lipinski definition) is 0. The van der Waals surface area contributed by atoms with Crippen LogP contribution in [0.4, 0.5) is 22.0 Å². The maximum absolute atomic E-state index is 12.0. The standard InChI is InChI=1S/C9H7F5O2S/c1-17-7-5(15-8(10)11)3-2-4-6(7)16-9(12,13)14/h2-4,8H,1H3. The van der Waals surface area contributed by atoms with E-state index in [1.54, 1.807) is 0 Å². The molecule has 1 aromatic carbocycles. The van der Waals surface area contributed by atoms with E-state index in [-0.39, 0.29) is 10.6 Å². The van der Waals surface area contributed by atoms with E-state index < -0.39 is 18.7 Å². The highest BCUT2D eigenvalue weighted by atomic mass is 32.2. The van der Waals surface area contributed by atoms with Gasteiger partial charge in [-0.05, 0) is 18.4 Å². The largest absolute Gasteiger partial charge is 0.573 e. The van der Waals surface area contributed by atoms with Gasteiger partial charge in [-0.25, -0.2) is 0 Å². The number of rotatable bonds is 4. The number of hydrogen-bond acceptors (Lipinski definition) is 3.